The minimum absolute atomic E-state index is 0.308. The van der Waals surface area contributed by atoms with Gasteiger partial charge in [0.05, 0.1) is 5.69 Å². The third-order valence-corrected chi connectivity index (χ3v) is 3.92. The van der Waals surface area contributed by atoms with Gasteiger partial charge in [0.15, 0.2) is 0 Å². The van der Waals surface area contributed by atoms with Gasteiger partial charge >= 0.3 is 0 Å². The summed E-state index contributed by atoms with van der Waals surface area (Å²) in [6.45, 7) is 0. The van der Waals surface area contributed by atoms with E-state index in [1.165, 1.54) is 12.1 Å². The number of hydrogen-bond donors (Lipinski definition) is 1. The fourth-order valence-corrected chi connectivity index (χ4v) is 2.54. The number of aliphatic hydroxyl groups excluding tert-OH is 1. The lowest BCUT2D eigenvalue weighted by molar-refractivity contribution is 0.174. The largest absolute Gasteiger partial charge is 0.386 e. The first-order chi connectivity index (χ1) is 9.63. The van der Waals surface area contributed by atoms with Gasteiger partial charge in [-0.05, 0) is 35.9 Å². The molecule has 2 heterocycles. The number of hydrogen-bond acceptors (Lipinski definition) is 2. The third-order valence-electron chi connectivity index (χ3n) is 3.15. The summed E-state index contributed by atoms with van der Waals surface area (Å²) in [5.41, 5.74) is 2.07. The Labute approximate surface area is 123 Å². The zero-order valence-electron chi connectivity index (χ0n) is 10.5. The number of pyridine rings is 1. The lowest BCUT2D eigenvalue weighted by Gasteiger charge is -2.09. The van der Waals surface area contributed by atoms with E-state index in [1.54, 1.807) is 12.3 Å². The standard InChI is InChI=1S/C15H12BrFN2O/c16-12-5-4-11(17)7-10(12)8-14(20)13-9-19-6-2-1-3-15(19)18-13/h1-7,9,14,20H,8H2. The molecule has 3 rings (SSSR count). The van der Waals surface area contributed by atoms with Crippen molar-refractivity contribution in [1.82, 2.24) is 9.38 Å². The van der Waals surface area contributed by atoms with Gasteiger partial charge in [-0.1, -0.05) is 22.0 Å². The van der Waals surface area contributed by atoms with Crippen molar-refractivity contribution in [2.24, 2.45) is 0 Å². The molecule has 3 aromatic rings. The predicted molar refractivity (Wildman–Crippen MR) is 78.0 cm³/mol. The number of aromatic nitrogens is 2. The van der Waals surface area contributed by atoms with Crippen LogP contribution in [0.4, 0.5) is 4.39 Å². The number of halogens is 2. The van der Waals surface area contributed by atoms with Gasteiger partial charge in [-0.3, -0.25) is 0 Å². The number of nitrogens with zero attached hydrogens (tertiary/aromatic N) is 2. The van der Waals surface area contributed by atoms with Gasteiger partial charge in [0.2, 0.25) is 0 Å². The number of fused-ring (bicyclic) bond motifs is 1. The second kappa shape index (κ2) is 5.34. The first kappa shape index (κ1) is 13.3. The van der Waals surface area contributed by atoms with Gasteiger partial charge in [-0.2, -0.15) is 0 Å². The van der Waals surface area contributed by atoms with Crippen LogP contribution in [0.2, 0.25) is 0 Å². The van der Waals surface area contributed by atoms with Crippen molar-refractivity contribution in [2.45, 2.75) is 12.5 Å². The predicted octanol–water partition coefficient (Wildman–Crippen LogP) is 3.51. The molecule has 0 spiro atoms. The maximum absolute atomic E-state index is 13.2. The Hall–Kier alpha value is -1.72. The molecule has 0 aliphatic heterocycles. The quantitative estimate of drug-likeness (QED) is 0.795. The van der Waals surface area contributed by atoms with Crippen LogP contribution in [-0.2, 0) is 6.42 Å². The summed E-state index contributed by atoms with van der Waals surface area (Å²) < 4.78 is 15.9. The zero-order chi connectivity index (χ0) is 14.1. The highest BCUT2D eigenvalue weighted by atomic mass is 79.9. The molecular formula is C15H12BrFN2O. The van der Waals surface area contributed by atoms with Gasteiger partial charge in [0.25, 0.3) is 0 Å². The third kappa shape index (κ3) is 2.59. The van der Waals surface area contributed by atoms with E-state index >= 15 is 0 Å². The summed E-state index contributed by atoms with van der Waals surface area (Å²) in [6.07, 6.45) is 3.19. The Balaban J connectivity index is 1.88. The van der Waals surface area contributed by atoms with E-state index in [0.717, 1.165) is 15.7 Å². The normalized spacial score (nSPS) is 12.8. The SMILES string of the molecule is OC(Cc1cc(F)ccc1Br)c1cn2ccccc2n1. The van der Waals surface area contributed by atoms with E-state index in [0.29, 0.717) is 12.1 Å². The lowest BCUT2D eigenvalue weighted by atomic mass is 10.1. The Bertz CT molecular complexity index is 723. The van der Waals surface area contributed by atoms with Crippen LogP contribution < -0.4 is 0 Å². The minimum atomic E-state index is -0.770. The summed E-state index contributed by atoms with van der Waals surface area (Å²) in [7, 11) is 0. The topological polar surface area (TPSA) is 37.5 Å². The fourth-order valence-electron chi connectivity index (χ4n) is 2.13. The molecule has 2 aromatic heterocycles. The molecule has 5 heteroatoms. The molecule has 1 unspecified atom stereocenters. The molecule has 1 atom stereocenters. The molecule has 0 saturated heterocycles. The molecule has 0 saturated carbocycles. The van der Waals surface area contributed by atoms with Gasteiger partial charge < -0.3 is 9.51 Å². The molecule has 0 radical (unpaired) electrons. The molecule has 20 heavy (non-hydrogen) atoms. The van der Waals surface area contributed by atoms with Crippen molar-refractivity contribution < 1.29 is 9.50 Å². The number of aliphatic hydroxyl groups is 1. The van der Waals surface area contributed by atoms with Crippen LogP contribution in [0.5, 0.6) is 0 Å². The van der Waals surface area contributed by atoms with Gasteiger partial charge in [-0.25, -0.2) is 9.37 Å². The second-order valence-electron chi connectivity index (χ2n) is 4.59. The minimum Gasteiger partial charge on any atom is -0.386 e. The van der Waals surface area contributed by atoms with Crippen molar-refractivity contribution in [3.8, 4) is 0 Å². The van der Waals surface area contributed by atoms with Crippen molar-refractivity contribution in [1.29, 1.82) is 0 Å². The molecule has 0 amide bonds. The van der Waals surface area contributed by atoms with E-state index in [-0.39, 0.29) is 5.82 Å². The number of benzene rings is 1. The number of imidazole rings is 1. The molecule has 3 nitrogen and oxygen atoms in total. The van der Waals surface area contributed by atoms with Gasteiger partial charge in [0.1, 0.15) is 17.6 Å². The summed E-state index contributed by atoms with van der Waals surface area (Å²) in [6, 6.07) is 10.1. The molecule has 1 aromatic carbocycles. The van der Waals surface area contributed by atoms with Gasteiger partial charge in [0, 0.05) is 23.3 Å². The Morgan fingerprint density at radius 1 is 1.30 bits per heavy atom. The van der Waals surface area contributed by atoms with Crippen LogP contribution in [0.3, 0.4) is 0 Å². The smallest absolute Gasteiger partial charge is 0.137 e. The first-order valence-corrected chi connectivity index (χ1v) is 6.98. The summed E-state index contributed by atoms with van der Waals surface area (Å²) in [5, 5.41) is 10.3. The van der Waals surface area contributed by atoms with Crippen LogP contribution >= 0.6 is 15.9 Å². The Kier molecular flexibility index (Phi) is 3.54. The Morgan fingerprint density at radius 3 is 2.95 bits per heavy atom. The van der Waals surface area contributed by atoms with Crippen LogP contribution in [0.1, 0.15) is 17.4 Å². The van der Waals surface area contributed by atoms with E-state index in [4.69, 9.17) is 0 Å². The van der Waals surface area contributed by atoms with Crippen molar-refractivity contribution in [2.75, 3.05) is 0 Å². The van der Waals surface area contributed by atoms with Crippen LogP contribution in [-0.4, -0.2) is 14.5 Å². The zero-order valence-corrected chi connectivity index (χ0v) is 12.1. The van der Waals surface area contributed by atoms with Crippen LogP contribution in [0, 0.1) is 5.82 Å². The first-order valence-electron chi connectivity index (χ1n) is 6.19. The highest BCUT2D eigenvalue weighted by Gasteiger charge is 2.14. The molecule has 1 N–H and O–H groups in total. The molecule has 102 valence electrons. The summed E-state index contributed by atoms with van der Waals surface area (Å²) in [4.78, 5) is 4.36. The maximum Gasteiger partial charge on any atom is 0.137 e. The molecule has 0 aliphatic rings. The van der Waals surface area contributed by atoms with Crippen molar-refractivity contribution in [3.05, 3.63) is 70.3 Å². The monoisotopic (exact) mass is 334 g/mol. The van der Waals surface area contributed by atoms with E-state index < -0.39 is 6.10 Å². The average Bonchev–Trinajstić information content (AvgIpc) is 2.87. The summed E-state index contributed by atoms with van der Waals surface area (Å²) >= 11 is 3.36. The molecular weight excluding hydrogens is 323 g/mol. The van der Waals surface area contributed by atoms with E-state index in [1.807, 2.05) is 28.8 Å². The van der Waals surface area contributed by atoms with E-state index in [9.17, 15) is 9.50 Å². The highest BCUT2D eigenvalue weighted by molar-refractivity contribution is 9.10. The molecule has 0 fully saturated rings. The number of rotatable bonds is 3. The average molecular weight is 335 g/mol. The fraction of sp³-hybridized carbons (Fsp3) is 0.133. The van der Waals surface area contributed by atoms with Crippen LogP contribution in [0.25, 0.3) is 5.65 Å². The summed E-state index contributed by atoms with van der Waals surface area (Å²) in [5.74, 6) is -0.314. The van der Waals surface area contributed by atoms with Crippen molar-refractivity contribution in [3.63, 3.8) is 0 Å². The lowest BCUT2D eigenvalue weighted by Crippen LogP contribution is -2.03. The maximum atomic E-state index is 13.2. The second-order valence-corrected chi connectivity index (χ2v) is 5.44. The van der Waals surface area contributed by atoms with Crippen molar-refractivity contribution >= 4 is 21.6 Å². The molecule has 0 aliphatic carbocycles. The Morgan fingerprint density at radius 2 is 2.15 bits per heavy atom. The van der Waals surface area contributed by atoms with Crippen LogP contribution in [0.15, 0.2) is 53.3 Å². The highest BCUT2D eigenvalue weighted by Crippen LogP contribution is 2.24. The van der Waals surface area contributed by atoms with Gasteiger partial charge in [-0.15, -0.1) is 0 Å². The molecule has 0 bridgehead atoms. The van der Waals surface area contributed by atoms with E-state index in [2.05, 4.69) is 20.9 Å².